The molecule has 0 radical (unpaired) electrons. The van der Waals surface area contributed by atoms with Crippen molar-refractivity contribution in [3.63, 3.8) is 0 Å². The summed E-state index contributed by atoms with van der Waals surface area (Å²) in [5.41, 5.74) is 0.0637. The molecule has 1 fully saturated rings. The molecule has 1 aromatic heterocycles. The van der Waals surface area contributed by atoms with Gasteiger partial charge in [0.1, 0.15) is 6.04 Å². The molecule has 3 rings (SSSR count). The Balaban J connectivity index is 1.79. The molecule has 1 heterocycles. The van der Waals surface area contributed by atoms with Gasteiger partial charge < -0.3 is 19.6 Å². The van der Waals surface area contributed by atoms with Crippen molar-refractivity contribution in [3.8, 4) is 11.3 Å². The van der Waals surface area contributed by atoms with Crippen LogP contribution in [0.5, 0.6) is 0 Å². The molecule has 0 spiro atoms. The van der Waals surface area contributed by atoms with Crippen LogP contribution in [0.2, 0.25) is 0 Å². The van der Waals surface area contributed by atoms with Crippen molar-refractivity contribution in [3.05, 3.63) is 42.4 Å². The van der Waals surface area contributed by atoms with Crippen LogP contribution >= 0.6 is 0 Å². The number of benzene rings is 1. The summed E-state index contributed by atoms with van der Waals surface area (Å²) in [6, 6.07) is 8.53. The topological polar surface area (TPSA) is 119 Å². The first-order valence-electron chi connectivity index (χ1n) is 12.6. The molecule has 190 valence electrons. The minimum atomic E-state index is -0.969. The Morgan fingerprint density at radius 2 is 1.86 bits per heavy atom. The Morgan fingerprint density at radius 1 is 1.14 bits per heavy atom. The van der Waals surface area contributed by atoms with E-state index in [-0.39, 0.29) is 25.4 Å². The van der Waals surface area contributed by atoms with E-state index in [2.05, 4.69) is 10.3 Å². The molecular formula is C27H36N2O6. The van der Waals surface area contributed by atoms with Gasteiger partial charge in [-0.3, -0.25) is 9.59 Å². The molecule has 8 heteroatoms. The number of carbonyl (C=O) groups is 3. The van der Waals surface area contributed by atoms with Crippen LogP contribution in [-0.4, -0.2) is 40.6 Å². The van der Waals surface area contributed by atoms with Gasteiger partial charge in [-0.05, 0) is 32.1 Å². The normalized spacial score (nSPS) is 16.4. The largest absolute Gasteiger partial charge is 0.481 e. The standard InChI is InChI=1S/C27H36N2O6/c1-3-10-20(24(30)31)17-27(13-8-9-14-27)26(33)29-21(25(32)34-15-4-2)16-23-28-18-22(35-23)19-11-6-5-7-12-19/h5-7,11-12,18,20-21H,3-4,8-10,13-17H2,1-2H3,(H,29,33)(H,30,31)/t20-,21+/m1/s1. The zero-order valence-electron chi connectivity index (χ0n) is 20.6. The van der Waals surface area contributed by atoms with Gasteiger partial charge in [0.15, 0.2) is 11.7 Å². The number of carbonyl (C=O) groups excluding carboxylic acids is 2. The maximum atomic E-state index is 13.6. The van der Waals surface area contributed by atoms with E-state index in [9.17, 15) is 19.5 Å². The van der Waals surface area contributed by atoms with Gasteiger partial charge in [0.2, 0.25) is 5.91 Å². The third-order valence-electron chi connectivity index (χ3n) is 6.69. The lowest BCUT2D eigenvalue weighted by Gasteiger charge is -2.32. The van der Waals surface area contributed by atoms with Gasteiger partial charge in [0.05, 0.1) is 30.6 Å². The average Bonchev–Trinajstić information content (AvgIpc) is 3.53. The van der Waals surface area contributed by atoms with Crippen LogP contribution < -0.4 is 5.32 Å². The monoisotopic (exact) mass is 484 g/mol. The number of ether oxygens (including phenoxy) is 1. The Kier molecular flexibility index (Phi) is 9.46. The van der Waals surface area contributed by atoms with Gasteiger partial charge >= 0.3 is 11.9 Å². The zero-order chi connectivity index (χ0) is 25.3. The zero-order valence-corrected chi connectivity index (χ0v) is 20.6. The van der Waals surface area contributed by atoms with E-state index in [1.807, 2.05) is 44.2 Å². The third-order valence-corrected chi connectivity index (χ3v) is 6.69. The fourth-order valence-corrected chi connectivity index (χ4v) is 4.83. The third kappa shape index (κ3) is 6.93. The van der Waals surface area contributed by atoms with Crippen molar-refractivity contribution < 1.29 is 28.6 Å². The first-order chi connectivity index (χ1) is 16.9. The molecule has 35 heavy (non-hydrogen) atoms. The summed E-state index contributed by atoms with van der Waals surface area (Å²) in [4.78, 5) is 42.6. The quantitative estimate of drug-likeness (QED) is 0.393. The maximum Gasteiger partial charge on any atom is 0.329 e. The SMILES string of the molecule is CCCOC(=O)[C@H](Cc1ncc(-c2ccccc2)o1)NC(=O)C1(C[C@@H](CCC)C(=O)O)CCCC1. The van der Waals surface area contributed by atoms with Crippen molar-refractivity contribution in [2.75, 3.05) is 6.61 Å². The van der Waals surface area contributed by atoms with Crippen molar-refractivity contribution >= 4 is 17.8 Å². The lowest BCUT2D eigenvalue weighted by Crippen LogP contribution is -2.50. The summed E-state index contributed by atoms with van der Waals surface area (Å²) < 4.78 is 11.2. The highest BCUT2D eigenvalue weighted by Crippen LogP contribution is 2.44. The van der Waals surface area contributed by atoms with E-state index in [1.54, 1.807) is 6.20 Å². The molecule has 0 unspecified atom stereocenters. The molecule has 8 nitrogen and oxygen atoms in total. The molecule has 0 aliphatic heterocycles. The molecule has 2 aromatic rings. The Bertz CT molecular complexity index is 981. The van der Waals surface area contributed by atoms with E-state index in [0.717, 1.165) is 24.8 Å². The molecule has 2 atom stereocenters. The van der Waals surface area contributed by atoms with E-state index < -0.39 is 29.3 Å². The predicted molar refractivity (Wildman–Crippen MR) is 130 cm³/mol. The molecule has 1 amide bonds. The number of amides is 1. The number of carboxylic acids is 1. The lowest BCUT2D eigenvalue weighted by atomic mass is 9.75. The summed E-state index contributed by atoms with van der Waals surface area (Å²) in [7, 11) is 0. The molecule has 0 saturated heterocycles. The van der Waals surface area contributed by atoms with Crippen LogP contribution in [0.15, 0.2) is 40.9 Å². The molecule has 2 N–H and O–H groups in total. The smallest absolute Gasteiger partial charge is 0.329 e. The second kappa shape index (κ2) is 12.5. The van der Waals surface area contributed by atoms with Gasteiger partial charge in [0.25, 0.3) is 0 Å². The van der Waals surface area contributed by atoms with Crippen molar-refractivity contribution in [1.82, 2.24) is 10.3 Å². The number of esters is 1. The highest BCUT2D eigenvalue weighted by atomic mass is 16.5. The van der Waals surface area contributed by atoms with E-state index >= 15 is 0 Å². The first-order valence-corrected chi connectivity index (χ1v) is 12.6. The van der Waals surface area contributed by atoms with Crippen molar-refractivity contribution in [1.29, 1.82) is 0 Å². The number of nitrogens with zero attached hydrogens (tertiary/aromatic N) is 1. The highest BCUT2D eigenvalue weighted by Gasteiger charge is 2.45. The summed E-state index contributed by atoms with van der Waals surface area (Å²) in [6.07, 6.45) is 6.77. The number of carboxylic acid groups (broad SMARTS) is 1. The van der Waals surface area contributed by atoms with Gasteiger partial charge in [0, 0.05) is 5.56 Å². The van der Waals surface area contributed by atoms with E-state index in [0.29, 0.717) is 37.3 Å². The minimum Gasteiger partial charge on any atom is -0.481 e. The number of rotatable bonds is 13. The fraction of sp³-hybridized carbons (Fsp3) is 0.556. The number of nitrogens with one attached hydrogen (secondary N) is 1. The summed E-state index contributed by atoms with van der Waals surface area (Å²) >= 11 is 0. The van der Waals surface area contributed by atoms with Crippen molar-refractivity contribution in [2.24, 2.45) is 11.3 Å². The van der Waals surface area contributed by atoms with Gasteiger partial charge in [-0.2, -0.15) is 0 Å². The second-order valence-electron chi connectivity index (χ2n) is 9.40. The number of aliphatic carboxylic acids is 1. The van der Waals surface area contributed by atoms with E-state index in [4.69, 9.17) is 9.15 Å². The first kappa shape index (κ1) is 26.4. The van der Waals surface area contributed by atoms with E-state index in [1.165, 1.54) is 0 Å². The Hall–Kier alpha value is -3.16. The van der Waals surface area contributed by atoms with Gasteiger partial charge in [-0.1, -0.05) is 63.4 Å². The molecule has 1 aromatic carbocycles. The Morgan fingerprint density at radius 3 is 2.49 bits per heavy atom. The number of oxazole rings is 1. The number of hydrogen-bond donors (Lipinski definition) is 2. The van der Waals surface area contributed by atoms with Crippen LogP contribution in [-0.2, 0) is 25.5 Å². The average molecular weight is 485 g/mol. The molecule has 1 saturated carbocycles. The minimum absolute atomic E-state index is 0.0501. The fourth-order valence-electron chi connectivity index (χ4n) is 4.83. The summed E-state index contributed by atoms with van der Waals surface area (Å²) in [5, 5.41) is 12.6. The molecule has 1 aliphatic carbocycles. The second-order valence-corrected chi connectivity index (χ2v) is 9.40. The molecular weight excluding hydrogens is 448 g/mol. The maximum absolute atomic E-state index is 13.6. The van der Waals surface area contributed by atoms with Crippen LogP contribution in [0.25, 0.3) is 11.3 Å². The Labute approximate surface area is 206 Å². The summed E-state index contributed by atoms with van der Waals surface area (Å²) in [5.74, 6) is -1.41. The molecule has 1 aliphatic rings. The summed E-state index contributed by atoms with van der Waals surface area (Å²) in [6.45, 7) is 4.08. The lowest BCUT2D eigenvalue weighted by molar-refractivity contribution is -0.150. The molecule has 0 bridgehead atoms. The van der Waals surface area contributed by atoms with Crippen LogP contribution in [0.4, 0.5) is 0 Å². The number of aromatic nitrogens is 1. The highest BCUT2D eigenvalue weighted by molar-refractivity contribution is 5.89. The number of hydrogen-bond acceptors (Lipinski definition) is 6. The van der Waals surface area contributed by atoms with Gasteiger partial charge in [-0.25, -0.2) is 9.78 Å². The van der Waals surface area contributed by atoms with Crippen molar-refractivity contribution in [2.45, 2.75) is 77.7 Å². The van der Waals surface area contributed by atoms with Crippen LogP contribution in [0.1, 0.15) is 71.1 Å². The van der Waals surface area contributed by atoms with Crippen LogP contribution in [0.3, 0.4) is 0 Å². The predicted octanol–water partition coefficient (Wildman–Crippen LogP) is 4.77. The van der Waals surface area contributed by atoms with Crippen LogP contribution in [0, 0.1) is 11.3 Å². The van der Waals surface area contributed by atoms with Gasteiger partial charge in [-0.15, -0.1) is 0 Å².